The molecule has 1 saturated carbocycles. The molecule has 0 spiro atoms. The molecule has 1 aromatic carbocycles. The van der Waals surface area contributed by atoms with Gasteiger partial charge < -0.3 is 10.6 Å². The van der Waals surface area contributed by atoms with Gasteiger partial charge >= 0.3 is 0 Å². The van der Waals surface area contributed by atoms with Crippen molar-refractivity contribution in [2.24, 2.45) is 0 Å². The number of amides is 1. The van der Waals surface area contributed by atoms with Crippen LogP contribution in [0.2, 0.25) is 5.02 Å². The zero-order chi connectivity index (χ0) is 12.3. The molecule has 1 aromatic rings. The monoisotopic (exact) mass is 256 g/mol. The summed E-state index contributed by atoms with van der Waals surface area (Å²) in [4.78, 5) is 11.5. The summed E-state index contributed by atoms with van der Waals surface area (Å²) in [7, 11) is 0. The lowest BCUT2D eigenvalue weighted by Gasteiger charge is -2.07. The Hall–Kier alpha value is -1.13. The van der Waals surface area contributed by atoms with Crippen LogP contribution in [0.4, 0.5) is 10.1 Å². The van der Waals surface area contributed by atoms with E-state index in [1.54, 1.807) is 6.07 Å². The Balaban J connectivity index is 1.79. The molecule has 0 bridgehead atoms. The van der Waals surface area contributed by atoms with Gasteiger partial charge in [0.05, 0.1) is 5.69 Å². The lowest BCUT2D eigenvalue weighted by Crippen LogP contribution is -2.23. The number of hydrogen-bond donors (Lipinski definition) is 2. The van der Waals surface area contributed by atoms with Crippen LogP contribution in [-0.2, 0) is 4.79 Å². The van der Waals surface area contributed by atoms with E-state index in [9.17, 15) is 9.18 Å². The molecule has 0 heterocycles. The molecule has 2 rings (SSSR count). The fourth-order valence-electron chi connectivity index (χ4n) is 1.48. The molecule has 92 valence electrons. The largest absolute Gasteiger partial charge is 0.324 e. The topological polar surface area (TPSA) is 41.1 Å². The first-order chi connectivity index (χ1) is 8.15. The maximum absolute atomic E-state index is 13.4. The quantitative estimate of drug-likeness (QED) is 0.850. The van der Waals surface area contributed by atoms with Crippen LogP contribution in [0.5, 0.6) is 0 Å². The highest BCUT2D eigenvalue weighted by Gasteiger charge is 2.20. The number of benzene rings is 1. The molecular weight excluding hydrogens is 243 g/mol. The van der Waals surface area contributed by atoms with Crippen molar-refractivity contribution in [2.45, 2.75) is 25.3 Å². The van der Waals surface area contributed by atoms with Gasteiger partial charge in [-0.25, -0.2) is 4.39 Å². The summed E-state index contributed by atoms with van der Waals surface area (Å²) in [6, 6.07) is 4.77. The van der Waals surface area contributed by atoms with Crippen molar-refractivity contribution >= 4 is 23.2 Å². The van der Waals surface area contributed by atoms with Gasteiger partial charge in [0.25, 0.3) is 0 Å². The lowest BCUT2D eigenvalue weighted by molar-refractivity contribution is -0.116. The summed E-state index contributed by atoms with van der Waals surface area (Å²) in [6.07, 6.45) is 2.72. The number of rotatable bonds is 5. The van der Waals surface area contributed by atoms with Gasteiger partial charge in [-0.05, 0) is 31.0 Å². The number of anilines is 1. The van der Waals surface area contributed by atoms with Crippen molar-refractivity contribution in [1.82, 2.24) is 5.32 Å². The van der Waals surface area contributed by atoms with Gasteiger partial charge in [-0.2, -0.15) is 0 Å². The molecule has 1 fully saturated rings. The maximum Gasteiger partial charge on any atom is 0.225 e. The average molecular weight is 257 g/mol. The van der Waals surface area contributed by atoms with Gasteiger partial charge in [0, 0.05) is 24.0 Å². The maximum atomic E-state index is 13.4. The molecule has 17 heavy (non-hydrogen) atoms. The second-order valence-electron chi connectivity index (χ2n) is 4.15. The molecule has 0 radical (unpaired) electrons. The van der Waals surface area contributed by atoms with Gasteiger partial charge in [0.1, 0.15) is 5.82 Å². The van der Waals surface area contributed by atoms with Crippen LogP contribution in [0.25, 0.3) is 0 Å². The molecule has 2 N–H and O–H groups in total. The molecule has 1 amide bonds. The molecule has 0 unspecified atom stereocenters. The molecular formula is C12H14ClFN2O. The molecule has 5 heteroatoms. The van der Waals surface area contributed by atoms with E-state index in [1.165, 1.54) is 25.0 Å². The molecule has 3 nitrogen and oxygen atoms in total. The zero-order valence-electron chi connectivity index (χ0n) is 9.30. The number of hydrogen-bond acceptors (Lipinski definition) is 2. The van der Waals surface area contributed by atoms with Crippen molar-refractivity contribution < 1.29 is 9.18 Å². The van der Waals surface area contributed by atoms with Crippen molar-refractivity contribution in [3.63, 3.8) is 0 Å². The number of nitrogens with one attached hydrogen (secondary N) is 2. The van der Waals surface area contributed by atoms with Crippen molar-refractivity contribution in [1.29, 1.82) is 0 Å². The fourth-order valence-corrected chi connectivity index (χ4v) is 1.64. The highest BCUT2D eigenvalue weighted by molar-refractivity contribution is 6.30. The second kappa shape index (κ2) is 5.47. The minimum Gasteiger partial charge on any atom is -0.324 e. The summed E-state index contributed by atoms with van der Waals surface area (Å²) in [5.41, 5.74) is 0.172. The third-order valence-electron chi connectivity index (χ3n) is 2.57. The Morgan fingerprint density at radius 1 is 1.47 bits per heavy atom. The Labute approximate surface area is 104 Å². The first-order valence-electron chi connectivity index (χ1n) is 5.63. The van der Waals surface area contributed by atoms with E-state index >= 15 is 0 Å². The molecule has 1 aliphatic carbocycles. The Kier molecular flexibility index (Phi) is 3.97. The van der Waals surface area contributed by atoms with E-state index in [0.29, 0.717) is 24.0 Å². The smallest absolute Gasteiger partial charge is 0.225 e. The van der Waals surface area contributed by atoms with Gasteiger partial charge in [0.2, 0.25) is 5.91 Å². The summed E-state index contributed by atoms with van der Waals surface area (Å²) in [6.45, 7) is 0.631. The zero-order valence-corrected chi connectivity index (χ0v) is 10.1. The highest BCUT2D eigenvalue weighted by atomic mass is 35.5. The number of halogens is 2. The number of carbonyl (C=O) groups excluding carboxylic acids is 1. The van der Waals surface area contributed by atoms with Crippen molar-refractivity contribution in [3.8, 4) is 0 Å². The van der Waals surface area contributed by atoms with Crippen LogP contribution >= 0.6 is 11.6 Å². The van der Waals surface area contributed by atoms with E-state index < -0.39 is 5.82 Å². The summed E-state index contributed by atoms with van der Waals surface area (Å²) in [5.74, 6) is -0.708. The Morgan fingerprint density at radius 3 is 2.88 bits per heavy atom. The van der Waals surface area contributed by atoms with Crippen LogP contribution in [-0.4, -0.2) is 18.5 Å². The van der Waals surface area contributed by atoms with E-state index in [4.69, 9.17) is 11.6 Å². The van der Waals surface area contributed by atoms with Crippen LogP contribution in [0.1, 0.15) is 19.3 Å². The highest BCUT2D eigenvalue weighted by Crippen LogP contribution is 2.19. The fraction of sp³-hybridized carbons (Fsp3) is 0.417. The summed E-state index contributed by atoms with van der Waals surface area (Å²) in [5, 5.41) is 6.06. The SMILES string of the molecule is O=C(CCNC1CC1)Nc1ccc(Cl)cc1F. The van der Waals surface area contributed by atoms with E-state index in [1.807, 2.05) is 0 Å². The van der Waals surface area contributed by atoms with Crippen LogP contribution in [0, 0.1) is 5.82 Å². The van der Waals surface area contributed by atoms with E-state index in [-0.39, 0.29) is 11.6 Å². The normalized spacial score (nSPS) is 14.7. The lowest BCUT2D eigenvalue weighted by atomic mass is 10.3. The third-order valence-corrected chi connectivity index (χ3v) is 2.80. The van der Waals surface area contributed by atoms with E-state index in [2.05, 4.69) is 10.6 Å². The number of carbonyl (C=O) groups is 1. The van der Waals surface area contributed by atoms with Gasteiger partial charge in [-0.1, -0.05) is 11.6 Å². The Morgan fingerprint density at radius 2 is 2.24 bits per heavy atom. The minimum absolute atomic E-state index is 0.172. The first-order valence-corrected chi connectivity index (χ1v) is 6.01. The van der Waals surface area contributed by atoms with Crippen LogP contribution < -0.4 is 10.6 Å². The molecule has 0 saturated heterocycles. The van der Waals surface area contributed by atoms with Gasteiger partial charge in [-0.3, -0.25) is 4.79 Å². The van der Waals surface area contributed by atoms with Gasteiger partial charge in [-0.15, -0.1) is 0 Å². The van der Waals surface area contributed by atoms with Crippen LogP contribution in [0.3, 0.4) is 0 Å². The third kappa shape index (κ3) is 3.98. The summed E-state index contributed by atoms with van der Waals surface area (Å²) < 4.78 is 13.4. The minimum atomic E-state index is -0.513. The average Bonchev–Trinajstić information content (AvgIpc) is 3.06. The molecule has 0 atom stereocenters. The first kappa shape index (κ1) is 12.3. The standard InChI is InChI=1S/C12H14ClFN2O/c13-8-1-4-11(10(14)7-8)16-12(17)5-6-15-9-2-3-9/h1,4,7,9,15H,2-3,5-6H2,(H,16,17). The predicted octanol–water partition coefficient (Wildman–Crippen LogP) is 2.56. The van der Waals surface area contributed by atoms with E-state index in [0.717, 1.165) is 0 Å². The van der Waals surface area contributed by atoms with Gasteiger partial charge in [0.15, 0.2) is 0 Å². The summed E-state index contributed by atoms with van der Waals surface area (Å²) >= 11 is 5.62. The van der Waals surface area contributed by atoms with Crippen molar-refractivity contribution in [3.05, 3.63) is 29.0 Å². The Bertz CT molecular complexity index is 421. The van der Waals surface area contributed by atoms with Crippen LogP contribution in [0.15, 0.2) is 18.2 Å². The molecule has 1 aliphatic rings. The molecule has 0 aliphatic heterocycles. The van der Waals surface area contributed by atoms with Crippen molar-refractivity contribution in [2.75, 3.05) is 11.9 Å². The predicted molar refractivity (Wildman–Crippen MR) is 65.7 cm³/mol. The second-order valence-corrected chi connectivity index (χ2v) is 4.59. The molecule has 0 aromatic heterocycles.